The number of hydrogen-bond donors (Lipinski definition) is 13. The standard InChI is InChI=1S/C35H59N11O12S/c1-18(2)12-26(35(57)58)46-31(53)22(7-8-27(38)48)42-32(54)23(9-11-59-3)43-34(56)25(14-28(49)50)45-30(52)21(6-4-5-10-36)41-33(55)24(13-19-15-39-17-40-19)44-29(51)20(37)16-47/h15,17-18,20-26,47H,4-14,16,36-37H2,1-3H3,(H2,38,48)(H,39,40)(H,41,55)(H,42,54)(H,43,56)(H,44,51)(H,45,52)(H,46,53)(H,49,50)(H,57,58)/t20-,21-,22-,23-,24-,25-,26-/m0/s1. The summed E-state index contributed by atoms with van der Waals surface area (Å²) < 4.78 is 0. The highest BCUT2D eigenvalue weighted by Crippen LogP contribution is 2.10. The van der Waals surface area contributed by atoms with E-state index < -0.39 is 109 Å². The molecule has 0 radical (unpaired) electrons. The van der Waals surface area contributed by atoms with Gasteiger partial charge in [0.1, 0.15) is 42.3 Å². The summed E-state index contributed by atoms with van der Waals surface area (Å²) in [7, 11) is 0. The minimum atomic E-state index is -1.80. The van der Waals surface area contributed by atoms with Gasteiger partial charge in [-0.05, 0) is 63.0 Å². The summed E-state index contributed by atoms with van der Waals surface area (Å²) in [5.74, 6) is -9.21. The van der Waals surface area contributed by atoms with Crippen molar-refractivity contribution in [2.24, 2.45) is 23.1 Å². The Kier molecular flexibility index (Phi) is 24.0. The van der Waals surface area contributed by atoms with Crippen LogP contribution in [0.2, 0.25) is 0 Å². The smallest absolute Gasteiger partial charge is 0.326 e. The number of nitrogens with one attached hydrogen (secondary N) is 7. The molecule has 332 valence electrons. The Morgan fingerprint density at radius 1 is 0.746 bits per heavy atom. The summed E-state index contributed by atoms with van der Waals surface area (Å²) in [4.78, 5) is 122. The fourth-order valence-corrected chi connectivity index (χ4v) is 5.92. The average Bonchev–Trinajstić information content (AvgIpc) is 3.68. The molecule has 1 heterocycles. The number of imidazole rings is 1. The fourth-order valence-electron chi connectivity index (χ4n) is 5.45. The van der Waals surface area contributed by atoms with E-state index in [9.17, 15) is 58.5 Å². The number of carboxylic acids is 2. The first kappa shape index (κ1) is 51.7. The van der Waals surface area contributed by atoms with E-state index in [1.165, 1.54) is 24.3 Å². The second kappa shape index (κ2) is 27.4. The molecular formula is C35H59N11O12S. The van der Waals surface area contributed by atoms with Gasteiger partial charge in [-0.25, -0.2) is 9.78 Å². The lowest BCUT2D eigenvalue weighted by Crippen LogP contribution is -2.60. The Morgan fingerprint density at radius 2 is 1.25 bits per heavy atom. The van der Waals surface area contributed by atoms with Crippen LogP contribution >= 0.6 is 11.8 Å². The van der Waals surface area contributed by atoms with E-state index in [1.807, 2.05) is 0 Å². The molecule has 0 saturated heterocycles. The van der Waals surface area contributed by atoms with Crippen LogP contribution in [0.25, 0.3) is 0 Å². The molecule has 0 unspecified atom stereocenters. The molecule has 1 aromatic rings. The molecule has 0 aliphatic heterocycles. The van der Waals surface area contributed by atoms with Gasteiger partial charge in [0.05, 0.1) is 19.4 Å². The molecule has 23 nitrogen and oxygen atoms in total. The van der Waals surface area contributed by atoms with Gasteiger partial charge >= 0.3 is 11.9 Å². The number of carbonyl (C=O) groups excluding carboxylic acids is 7. The topological polar surface area (TPSA) is 393 Å². The number of H-pyrrole nitrogens is 1. The largest absolute Gasteiger partial charge is 0.481 e. The third-order valence-electron chi connectivity index (χ3n) is 8.61. The summed E-state index contributed by atoms with van der Waals surface area (Å²) in [6.07, 6.45) is 3.31. The minimum Gasteiger partial charge on any atom is -0.481 e. The van der Waals surface area contributed by atoms with E-state index >= 15 is 0 Å². The number of carbonyl (C=O) groups is 9. The molecule has 7 atom stereocenters. The lowest BCUT2D eigenvalue weighted by atomic mass is 10.0. The van der Waals surface area contributed by atoms with Crippen molar-refractivity contribution < 1.29 is 58.5 Å². The number of carboxylic acid groups (broad SMARTS) is 2. The fraction of sp³-hybridized carbons (Fsp3) is 0.657. The van der Waals surface area contributed by atoms with Crippen molar-refractivity contribution in [1.29, 1.82) is 0 Å². The first-order chi connectivity index (χ1) is 27.8. The zero-order chi connectivity index (χ0) is 44.7. The number of unbranched alkanes of at least 4 members (excludes halogenated alkanes) is 1. The first-order valence-electron chi connectivity index (χ1n) is 18.9. The number of thioether (sulfide) groups is 1. The number of rotatable bonds is 30. The average molecular weight is 858 g/mol. The molecule has 0 spiro atoms. The maximum Gasteiger partial charge on any atom is 0.326 e. The van der Waals surface area contributed by atoms with E-state index in [1.54, 1.807) is 20.1 Å². The van der Waals surface area contributed by atoms with Crippen molar-refractivity contribution in [2.75, 3.05) is 25.2 Å². The number of primary amides is 1. The van der Waals surface area contributed by atoms with Crippen LogP contribution in [-0.4, -0.2) is 146 Å². The summed E-state index contributed by atoms with van der Waals surface area (Å²) >= 11 is 1.29. The lowest BCUT2D eigenvalue weighted by molar-refractivity contribution is -0.143. The number of nitrogens with two attached hydrogens (primary N) is 3. The van der Waals surface area contributed by atoms with Crippen LogP contribution in [0.3, 0.4) is 0 Å². The van der Waals surface area contributed by atoms with Gasteiger partial charge in [0.25, 0.3) is 0 Å². The van der Waals surface area contributed by atoms with Gasteiger partial charge in [-0.2, -0.15) is 11.8 Å². The Labute approximate surface area is 345 Å². The second-order valence-electron chi connectivity index (χ2n) is 14.1. The summed E-state index contributed by atoms with van der Waals surface area (Å²) in [5.41, 5.74) is 16.9. The molecule has 0 fully saturated rings. The molecule has 0 aliphatic carbocycles. The van der Waals surface area contributed by atoms with Gasteiger partial charge in [-0.3, -0.25) is 38.4 Å². The molecule has 1 aromatic heterocycles. The van der Waals surface area contributed by atoms with Gasteiger partial charge in [0.2, 0.25) is 41.4 Å². The quantitative estimate of drug-likeness (QED) is 0.0327. The molecular weight excluding hydrogens is 799 g/mol. The van der Waals surface area contributed by atoms with Crippen LogP contribution < -0.4 is 49.1 Å². The van der Waals surface area contributed by atoms with Crippen molar-refractivity contribution in [3.8, 4) is 0 Å². The molecule has 16 N–H and O–H groups in total. The van der Waals surface area contributed by atoms with E-state index in [0.29, 0.717) is 18.5 Å². The highest BCUT2D eigenvalue weighted by molar-refractivity contribution is 7.98. The Balaban J connectivity index is 3.37. The number of hydrogen-bond acceptors (Lipinski definition) is 14. The van der Waals surface area contributed by atoms with Gasteiger partial charge in [-0.15, -0.1) is 0 Å². The summed E-state index contributed by atoms with van der Waals surface area (Å²) in [6.45, 7) is 2.99. The summed E-state index contributed by atoms with van der Waals surface area (Å²) in [5, 5.41) is 43.1. The molecule has 1 rings (SSSR count). The van der Waals surface area contributed by atoms with E-state index in [2.05, 4.69) is 41.9 Å². The molecule has 59 heavy (non-hydrogen) atoms. The van der Waals surface area contributed by atoms with Crippen molar-refractivity contribution in [1.82, 2.24) is 41.9 Å². The van der Waals surface area contributed by atoms with Gasteiger partial charge in [0.15, 0.2) is 0 Å². The number of nitrogens with zero attached hydrogens (tertiary/aromatic N) is 1. The Hall–Kier alpha value is -5.33. The van der Waals surface area contributed by atoms with Gasteiger partial charge in [0, 0.05) is 24.7 Å². The number of aliphatic hydroxyl groups excluding tert-OH is 1. The van der Waals surface area contributed by atoms with E-state index in [0.717, 1.165) is 0 Å². The maximum absolute atomic E-state index is 13.7. The van der Waals surface area contributed by atoms with Crippen LogP contribution in [0.4, 0.5) is 0 Å². The van der Waals surface area contributed by atoms with Crippen LogP contribution in [0.5, 0.6) is 0 Å². The molecule has 24 heteroatoms. The molecule has 7 amide bonds. The number of amides is 7. The molecule has 0 aliphatic rings. The molecule has 0 aromatic carbocycles. The van der Waals surface area contributed by atoms with Crippen LogP contribution in [-0.2, 0) is 49.6 Å². The predicted octanol–water partition coefficient (Wildman–Crippen LogP) is -4.07. The number of aromatic amines is 1. The Bertz CT molecular complexity index is 1570. The van der Waals surface area contributed by atoms with Crippen LogP contribution in [0, 0.1) is 5.92 Å². The van der Waals surface area contributed by atoms with Gasteiger partial charge in [-0.1, -0.05) is 13.8 Å². The Morgan fingerprint density at radius 3 is 1.73 bits per heavy atom. The first-order valence-corrected chi connectivity index (χ1v) is 20.3. The van der Waals surface area contributed by atoms with Crippen molar-refractivity contribution in [3.05, 3.63) is 18.2 Å². The number of aromatic nitrogens is 2. The monoisotopic (exact) mass is 857 g/mol. The third kappa shape index (κ3) is 20.3. The molecule has 0 saturated carbocycles. The third-order valence-corrected chi connectivity index (χ3v) is 9.26. The normalized spacial score (nSPS) is 14.6. The van der Waals surface area contributed by atoms with Crippen molar-refractivity contribution >= 4 is 65.1 Å². The van der Waals surface area contributed by atoms with Gasteiger partial charge < -0.3 is 69.4 Å². The second-order valence-corrected chi connectivity index (χ2v) is 15.1. The van der Waals surface area contributed by atoms with Crippen LogP contribution in [0.15, 0.2) is 12.5 Å². The summed E-state index contributed by atoms with van der Waals surface area (Å²) in [6, 6.07) is -10.1. The predicted molar refractivity (Wildman–Crippen MR) is 213 cm³/mol. The zero-order valence-corrected chi connectivity index (χ0v) is 34.2. The minimum absolute atomic E-state index is 0.0372. The highest BCUT2D eigenvalue weighted by atomic mass is 32.2. The highest BCUT2D eigenvalue weighted by Gasteiger charge is 2.34. The lowest BCUT2D eigenvalue weighted by Gasteiger charge is -2.27. The number of aliphatic carboxylic acids is 2. The van der Waals surface area contributed by atoms with Crippen molar-refractivity contribution in [3.63, 3.8) is 0 Å². The van der Waals surface area contributed by atoms with Crippen LogP contribution in [0.1, 0.15) is 70.9 Å². The van der Waals surface area contributed by atoms with E-state index in [-0.39, 0.29) is 56.7 Å². The maximum atomic E-state index is 13.7. The zero-order valence-electron chi connectivity index (χ0n) is 33.4. The number of aliphatic hydroxyl groups is 1. The van der Waals surface area contributed by atoms with Crippen molar-refractivity contribution in [2.45, 2.75) is 114 Å². The molecule has 0 bridgehead atoms. The SMILES string of the molecule is CSCC[C@H](NC(=O)[C@H](CC(=O)O)NC(=O)[C@H](CCCCN)NC(=O)[C@H](Cc1cnc[nH]1)NC(=O)[C@@H](N)CO)C(=O)N[C@@H](CCC(N)=O)C(=O)N[C@@H](CC(C)C)C(=O)O. The van der Waals surface area contributed by atoms with E-state index in [4.69, 9.17) is 17.2 Å².